The fourth-order valence-corrected chi connectivity index (χ4v) is 5.30. The van der Waals surface area contributed by atoms with Gasteiger partial charge in [0.25, 0.3) is 5.91 Å². The van der Waals surface area contributed by atoms with E-state index in [0.29, 0.717) is 42.3 Å². The zero-order valence-corrected chi connectivity index (χ0v) is 25.9. The number of benzene rings is 4. The number of anilines is 2. The minimum Gasteiger partial charge on any atom is -0.488 e. The van der Waals surface area contributed by atoms with Crippen LogP contribution in [0.15, 0.2) is 103 Å². The average molecular weight is 609 g/mol. The van der Waals surface area contributed by atoms with Crippen molar-refractivity contribution in [2.45, 2.75) is 32.5 Å². The molecule has 9 heteroatoms. The van der Waals surface area contributed by atoms with Crippen LogP contribution in [-0.4, -0.2) is 65.7 Å². The summed E-state index contributed by atoms with van der Waals surface area (Å²) in [4.78, 5) is 30.3. The lowest BCUT2D eigenvalue weighted by Crippen LogP contribution is -2.49. The summed E-state index contributed by atoms with van der Waals surface area (Å²) in [5.74, 6) is 1.73. The molecule has 4 aromatic carbocycles. The summed E-state index contributed by atoms with van der Waals surface area (Å²) in [6.07, 6.45) is -0.240. The first-order valence-corrected chi connectivity index (χ1v) is 15.1. The van der Waals surface area contributed by atoms with Gasteiger partial charge in [0.05, 0.1) is 18.2 Å². The molecular formula is C36H40N4O5. The maximum Gasteiger partial charge on any atom is 0.323 e. The van der Waals surface area contributed by atoms with Crippen molar-refractivity contribution in [1.82, 2.24) is 9.80 Å². The number of amides is 3. The molecule has 0 saturated carbocycles. The fourth-order valence-electron chi connectivity index (χ4n) is 5.30. The van der Waals surface area contributed by atoms with Crippen molar-refractivity contribution < 1.29 is 24.2 Å². The highest BCUT2D eigenvalue weighted by Gasteiger charge is 2.33. The van der Waals surface area contributed by atoms with Crippen molar-refractivity contribution in [3.05, 3.63) is 114 Å². The van der Waals surface area contributed by atoms with Crippen molar-refractivity contribution in [1.29, 1.82) is 0 Å². The highest BCUT2D eigenvalue weighted by molar-refractivity contribution is 6.02. The maximum absolute atomic E-state index is 13.8. The van der Waals surface area contributed by atoms with E-state index < -0.39 is 6.03 Å². The van der Waals surface area contributed by atoms with E-state index in [4.69, 9.17) is 9.47 Å². The molecule has 0 bridgehead atoms. The zero-order chi connectivity index (χ0) is 31.8. The molecule has 0 saturated heterocycles. The van der Waals surface area contributed by atoms with E-state index in [9.17, 15) is 14.7 Å². The number of nitrogens with one attached hydrogen (secondary N) is 2. The monoisotopic (exact) mass is 608 g/mol. The van der Waals surface area contributed by atoms with Gasteiger partial charge >= 0.3 is 6.03 Å². The van der Waals surface area contributed by atoms with Crippen LogP contribution in [0, 0.1) is 5.92 Å². The van der Waals surface area contributed by atoms with Gasteiger partial charge in [0, 0.05) is 36.9 Å². The molecule has 45 heavy (non-hydrogen) atoms. The Morgan fingerprint density at radius 3 is 2.29 bits per heavy atom. The number of ether oxygens (including phenoxy) is 2. The van der Waals surface area contributed by atoms with Crippen LogP contribution in [0.1, 0.15) is 29.8 Å². The Bertz CT molecular complexity index is 1570. The maximum atomic E-state index is 13.8. The number of carbonyl (C=O) groups is 2. The number of likely N-dealkylation sites (N-methyl/N-ethyl adjacent to an activating group) is 1. The minimum absolute atomic E-state index is 0.0188. The van der Waals surface area contributed by atoms with Crippen molar-refractivity contribution >= 4 is 23.3 Å². The molecule has 3 atom stereocenters. The zero-order valence-electron chi connectivity index (χ0n) is 25.9. The van der Waals surface area contributed by atoms with E-state index >= 15 is 0 Å². The second kappa shape index (κ2) is 14.7. The predicted octanol–water partition coefficient (Wildman–Crippen LogP) is 6.48. The van der Waals surface area contributed by atoms with Crippen LogP contribution in [0.4, 0.5) is 16.2 Å². The fraction of sp³-hybridized carbons (Fsp3) is 0.278. The molecule has 1 aliphatic heterocycles. The first-order chi connectivity index (χ1) is 21.8. The number of para-hydroxylation sites is 2. The second-order valence-electron chi connectivity index (χ2n) is 11.5. The Kier molecular flexibility index (Phi) is 10.3. The standard InChI is InChI=1S/C36H40N4O5/c1-25-21-40(26(2)24-41)35(42)32-20-29(38-36(43)37-28-10-6-4-7-11-28)16-19-33(32)45-34(25)23-39(3)22-27-14-17-31(18-15-27)44-30-12-8-5-9-13-30/h4-20,25-26,34,41H,21-24H2,1-3H3,(H2,37,38,43)/t25-,26-,34+/m1/s1. The third-order valence-electron chi connectivity index (χ3n) is 7.80. The quantitative estimate of drug-likeness (QED) is 0.191. The lowest BCUT2D eigenvalue weighted by molar-refractivity contribution is 0.0341. The third-order valence-corrected chi connectivity index (χ3v) is 7.80. The van der Waals surface area contributed by atoms with E-state index in [-0.39, 0.29) is 30.6 Å². The van der Waals surface area contributed by atoms with Crippen LogP contribution in [0.3, 0.4) is 0 Å². The van der Waals surface area contributed by atoms with Gasteiger partial charge in [-0.15, -0.1) is 0 Å². The normalized spacial score (nSPS) is 17.0. The first-order valence-electron chi connectivity index (χ1n) is 15.1. The second-order valence-corrected chi connectivity index (χ2v) is 11.5. The summed E-state index contributed by atoms with van der Waals surface area (Å²) >= 11 is 0. The molecule has 0 fully saturated rings. The number of nitrogens with zero attached hydrogens (tertiary/aromatic N) is 2. The molecule has 4 aromatic rings. The van der Waals surface area contributed by atoms with Gasteiger partial charge < -0.3 is 30.1 Å². The number of aliphatic hydroxyl groups excluding tert-OH is 1. The summed E-state index contributed by atoms with van der Waals surface area (Å²) in [7, 11) is 2.04. The molecule has 1 aliphatic rings. The highest BCUT2D eigenvalue weighted by Crippen LogP contribution is 2.31. The van der Waals surface area contributed by atoms with Crippen molar-refractivity contribution in [3.63, 3.8) is 0 Å². The van der Waals surface area contributed by atoms with E-state index in [1.807, 2.05) is 74.6 Å². The lowest BCUT2D eigenvalue weighted by Gasteiger charge is -2.38. The SMILES string of the molecule is C[C@@H]1CN([C@H](C)CO)C(=O)c2cc(NC(=O)Nc3ccccc3)ccc2O[C@H]1CN(C)Cc1ccc(Oc2ccccc2)cc1. The molecule has 0 aliphatic carbocycles. The van der Waals surface area contributed by atoms with E-state index in [1.165, 1.54) is 0 Å². The van der Waals surface area contributed by atoms with Crippen LogP contribution in [0.5, 0.6) is 17.2 Å². The number of hydrogen-bond acceptors (Lipinski definition) is 6. The Morgan fingerprint density at radius 2 is 1.60 bits per heavy atom. The molecule has 0 radical (unpaired) electrons. The molecule has 3 N–H and O–H groups in total. The minimum atomic E-state index is -0.422. The smallest absolute Gasteiger partial charge is 0.323 e. The van der Waals surface area contributed by atoms with Crippen LogP contribution < -0.4 is 20.1 Å². The van der Waals surface area contributed by atoms with Gasteiger partial charge in [-0.05, 0) is 74.1 Å². The van der Waals surface area contributed by atoms with Crippen LogP contribution in [0.2, 0.25) is 0 Å². The van der Waals surface area contributed by atoms with Crippen molar-refractivity contribution in [2.75, 3.05) is 37.4 Å². The van der Waals surface area contributed by atoms with Gasteiger partial charge in [-0.1, -0.05) is 55.5 Å². The Hall–Kier alpha value is -4.86. The number of fused-ring (bicyclic) bond motifs is 1. The van der Waals surface area contributed by atoms with Gasteiger partial charge in [-0.2, -0.15) is 0 Å². The molecule has 3 amide bonds. The summed E-state index contributed by atoms with van der Waals surface area (Å²) in [6, 6.07) is 31.1. The van der Waals surface area contributed by atoms with Gasteiger partial charge in [0.15, 0.2) is 0 Å². The molecule has 5 rings (SSSR count). The van der Waals surface area contributed by atoms with E-state index in [1.54, 1.807) is 35.2 Å². The summed E-state index contributed by atoms with van der Waals surface area (Å²) in [5, 5.41) is 15.6. The predicted molar refractivity (Wildman–Crippen MR) is 176 cm³/mol. The summed E-state index contributed by atoms with van der Waals surface area (Å²) in [6.45, 7) is 5.44. The molecule has 1 heterocycles. The lowest BCUT2D eigenvalue weighted by atomic mass is 9.99. The number of urea groups is 1. The van der Waals surface area contributed by atoms with Crippen LogP contribution >= 0.6 is 0 Å². The largest absolute Gasteiger partial charge is 0.488 e. The Balaban J connectivity index is 1.29. The van der Waals surface area contributed by atoms with Gasteiger partial charge in [-0.3, -0.25) is 9.69 Å². The molecule has 9 nitrogen and oxygen atoms in total. The molecule has 234 valence electrons. The van der Waals surface area contributed by atoms with Crippen LogP contribution in [0.25, 0.3) is 0 Å². The summed E-state index contributed by atoms with van der Waals surface area (Å²) < 4.78 is 12.5. The van der Waals surface area contributed by atoms with Crippen LogP contribution in [-0.2, 0) is 6.54 Å². The van der Waals surface area contributed by atoms with Gasteiger partial charge in [0.1, 0.15) is 23.4 Å². The average Bonchev–Trinajstić information content (AvgIpc) is 3.04. The Labute approximate surface area is 264 Å². The third kappa shape index (κ3) is 8.41. The number of hydrogen-bond donors (Lipinski definition) is 3. The molecular weight excluding hydrogens is 568 g/mol. The van der Waals surface area contributed by atoms with E-state index in [2.05, 4.69) is 34.6 Å². The summed E-state index contributed by atoms with van der Waals surface area (Å²) in [5.41, 5.74) is 2.58. The van der Waals surface area contributed by atoms with Crippen molar-refractivity contribution in [3.8, 4) is 17.2 Å². The van der Waals surface area contributed by atoms with Gasteiger partial charge in [-0.25, -0.2) is 4.79 Å². The number of aliphatic hydroxyl groups is 1. The Morgan fingerprint density at radius 1 is 0.956 bits per heavy atom. The topological polar surface area (TPSA) is 103 Å². The first kappa shape index (κ1) is 31.6. The van der Waals surface area contributed by atoms with Crippen molar-refractivity contribution in [2.24, 2.45) is 5.92 Å². The molecule has 0 unspecified atom stereocenters. The highest BCUT2D eigenvalue weighted by atomic mass is 16.5. The number of carbonyl (C=O) groups excluding carboxylic acids is 2. The van der Waals surface area contributed by atoms with Gasteiger partial charge in [0.2, 0.25) is 0 Å². The van der Waals surface area contributed by atoms with E-state index in [0.717, 1.165) is 17.1 Å². The molecule has 0 aromatic heterocycles. The molecule has 0 spiro atoms. The number of rotatable bonds is 10.